The molecule has 1 rings (SSSR count). The van der Waals surface area contributed by atoms with Gasteiger partial charge in [-0.25, -0.2) is 0 Å². The third-order valence-corrected chi connectivity index (χ3v) is 1.49. The number of amides is 1. The number of hydrogen-bond donors (Lipinski definition) is 1. The number of halogens is 3. The molecule has 0 unspecified atom stereocenters. The molecule has 0 aromatic heterocycles. The molecule has 0 spiro atoms. The number of nitrogens with one attached hydrogen (secondary N) is 1. The van der Waals surface area contributed by atoms with E-state index >= 15 is 0 Å². The lowest BCUT2D eigenvalue weighted by molar-refractivity contribution is -0.149. The Morgan fingerprint density at radius 1 is 1.50 bits per heavy atom. The van der Waals surface area contributed by atoms with Gasteiger partial charge < -0.3 is 5.32 Å². The molecule has 1 aliphatic rings. The van der Waals surface area contributed by atoms with Gasteiger partial charge in [-0.3, -0.25) is 4.79 Å². The van der Waals surface area contributed by atoms with Gasteiger partial charge in [0.05, 0.1) is 5.92 Å². The molecule has 1 N–H and O–H groups in total. The number of rotatable bonds is 2. The Morgan fingerprint density at radius 2 is 2.10 bits per heavy atom. The highest BCUT2D eigenvalue weighted by molar-refractivity contribution is 5.47. The lowest BCUT2D eigenvalue weighted by Crippen LogP contribution is -2.22. The van der Waals surface area contributed by atoms with E-state index in [9.17, 15) is 18.0 Å². The van der Waals surface area contributed by atoms with Crippen molar-refractivity contribution in [3.05, 3.63) is 0 Å². The van der Waals surface area contributed by atoms with Crippen LogP contribution in [0.25, 0.3) is 0 Å². The molecule has 10 heavy (non-hydrogen) atoms. The molecule has 0 radical (unpaired) electrons. The second-order valence-corrected chi connectivity index (χ2v) is 2.27. The molecule has 0 saturated heterocycles. The standard InChI is InChI=1S/C5H6F3NO/c6-5(7,8)3-1-4(3)9-2-10/h2-4H,1H2,(H,9,10)/t3-,4-/m0/s1. The van der Waals surface area contributed by atoms with Crippen LogP contribution in [-0.2, 0) is 4.79 Å². The first-order valence-corrected chi connectivity index (χ1v) is 2.82. The second-order valence-electron chi connectivity index (χ2n) is 2.27. The summed E-state index contributed by atoms with van der Waals surface area (Å²) in [5.74, 6) is -1.31. The minimum atomic E-state index is -4.14. The van der Waals surface area contributed by atoms with Gasteiger partial charge in [0.15, 0.2) is 0 Å². The molecule has 0 heterocycles. The van der Waals surface area contributed by atoms with Gasteiger partial charge >= 0.3 is 6.18 Å². The van der Waals surface area contributed by atoms with Gasteiger partial charge in [0.2, 0.25) is 6.41 Å². The fraction of sp³-hybridized carbons (Fsp3) is 0.800. The van der Waals surface area contributed by atoms with Gasteiger partial charge in [0.25, 0.3) is 0 Å². The molecule has 1 amide bonds. The largest absolute Gasteiger partial charge is 0.393 e. The molecule has 0 aromatic rings. The maximum absolute atomic E-state index is 11.7. The molecule has 1 saturated carbocycles. The average Bonchev–Trinajstić information content (AvgIpc) is 2.44. The van der Waals surface area contributed by atoms with Crippen molar-refractivity contribution < 1.29 is 18.0 Å². The fourth-order valence-corrected chi connectivity index (χ4v) is 0.828. The van der Waals surface area contributed by atoms with Crippen molar-refractivity contribution in [2.45, 2.75) is 18.6 Å². The molecular weight excluding hydrogens is 147 g/mol. The van der Waals surface area contributed by atoms with E-state index in [1.807, 2.05) is 0 Å². The summed E-state index contributed by atoms with van der Waals surface area (Å²) in [6.07, 6.45) is -3.81. The van der Waals surface area contributed by atoms with Crippen LogP contribution in [0.4, 0.5) is 13.2 Å². The summed E-state index contributed by atoms with van der Waals surface area (Å²) in [4.78, 5) is 9.65. The van der Waals surface area contributed by atoms with Crippen molar-refractivity contribution >= 4 is 6.41 Å². The zero-order valence-corrected chi connectivity index (χ0v) is 4.98. The number of alkyl halides is 3. The molecule has 1 aliphatic carbocycles. The van der Waals surface area contributed by atoms with Crippen molar-refractivity contribution in [1.29, 1.82) is 0 Å². The van der Waals surface area contributed by atoms with Gasteiger partial charge in [-0.2, -0.15) is 13.2 Å². The molecule has 2 atom stereocenters. The van der Waals surface area contributed by atoms with Crippen LogP contribution in [0.2, 0.25) is 0 Å². The van der Waals surface area contributed by atoms with E-state index < -0.39 is 18.1 Å². The van der Waals surface area contributed by atoms with Gasteiger partial charge in [-0.1, -0.05) is 0 Å². The normalized spacial score (nSPS) is 31.5. The first kappa shape index (κ1) is 7.37. The van der Waals surface area contributed by atoms with Crippen LogP contribution >= 0.6 is 0 Å². The van der Waals surface area contributed by atoms with E-state index in [-0.39, 0.29) is 6.42 Å². The van der Waals surface area contributed by atoms with Gasteiger partial charge in [0.1, 0.15) is 0 Å². The molecule has 0 aromatic carbocycles. The first-order valence-electron chi connectivity index (χ1n) is 2.82. The summed E-state index contributed by atoms with van der Waals surface area (Å²) in [6, 6.07) is -0.669. The summed E-state index contributed by atoms with van der Waals surface area (Å²) in [6.45, 7) is 0. The summed E-state index contributed by atoms with van der Waals surface area (Å²) in [7, 11) is 0. The molecule has 2 nitrogen and oxygen atoms in total. The van der Waals surface area contributed by atoms with Crippen LogP contribution in [0.1, 0.15) is 6.42 Å². The Balaban J connectivity index is 2.31. The van der Waals surface area contributed by atoms with Crippen LogP contribution in [0, 0.1) is 5.92 Å². The van der Waals surface area contributed by atoms with Crippen LogP contribution in [0.3, 0.4) is 0 Å². The van der Waals surface area contributed by atoms with Crippen molar-refractivity contribution in [2.24, 2.45) is 5.92 Å². The number of carbonyl (C=O) groups is 1. The topological polar surface area (TPSA) is 29.1 Å². The minimum Gasteiger partial charge on any atom is -0.355 e. The van der Waals surface area contributed by atoms with E-state index in [1.54, 1.807) is 0 Å². The van der Waals surface area contributed by atoms with E-state index in [2.05, 4.69) is 5.32 Å². The maximum Gasteiger partial charge on any atom is 0.393 e. The minimum absolute atomic E-state index is 0.0300. The van der Waals surface area contributed by atoms with Crippen LogP contribution < -0.4 is 5.32 Å². The van der Waals surface area contributed by atoms with Gasteiger partial charge in [-0.05, 0) is 6.42 Å². The smallest absolute Gasteiger partial charge is 0.355 e. The summed E-state index contributed by atoms with van der Waals surface area (Å²) in [5.41, 5.74) is 0. The number of carbonyl (C=O) groups excluding carboxylic acids is 1. The van der Waals surface area contributed by atoms with Crippen LogP contribution in [0.5, 0.6) is 0 Å². The third-order valence-electron chi connectivity index (χ3n) is 1.49. The zero-order chi connectivity index (χ0) is 7.78. The summed E-state index contributed by atoms with van der Waals surface area (Å²) in [5, 5.41) is 2.08. The number of hydrogen-bond acceptors (Lipinski definition) is 1. The monoisotopic (exact) mass is 153 g/mol. The Morgan fingerprint density at radius 3 is 2.40 bits per heavy atom. The van der Waals surface area contributed by atoms with Crippen LogP contribution in [-0.4, -0.2) is 18.6 Å². The SMILES string of the molecule is O=CN[C@H]1C[C@@H]1C(F)(F)F. The third kappa shape index (κ3) is 1.40. The van der Waals surface area contributed by atoms with Crippen molar-refractivity contribution in [3.63, 3.8) is 0 Å². The summed E-state index contributed by atoms with van der Waals surface area (Å²) < 4.78 is 35.0. The second kappa shape index (κ2) is 2.14. The highest BCUT2D eigenvalue weighted by Gasteiger charge is 2.55. The van der Waals surface area contributed by atoms with Crippen molar-refractivity contribution in [3.8, 4) is 0 Å². The summed E-state index contributed by atoms with van der Waals surface area (Å²) >= 11 is 0. The van der Waals surface area contributed by atoms with Crippen molar-refractivity contribution in [1.82, 2.24) is 5.32 Å². The Bertz CT molecular complexity index is 144. The molecule has 5 heteroatoms. The van der Waals surface area contributed by atoms with E-state index in [4.69, 9.17) is 0 Å². The highest BCUT2D eigenvalue weighted by atomic mass is 19.4. The molecule has 0 bridgehead atoms. The quantitative estimate of drug-likeness (QED) is 0.581. The van der Waals surface area contributed by atoms with Crippen molar-refractivity contribution in [2.75, 3.05) is 0 Å². The van der Waals surface area contributed by atoms with Crippen LogP contribution in [0.15, 0.2) is 0 Å². The lowest BCUT2D eigenvalue weighted by Gasteiger charge is -2.02. The van der Waals surface area contributed by atoms with E-state index in [0.29, 0.717) is 6.41 Å². The van der Waals surface area contributed by atoms with Gasteiger partial charge in [0, 0.05) is 6.04 Å². The maximum atomic E-state index is 11.7. The van der Waals surface area contributed by atoms with E-state index in [0.717, 1.165) is 0 Å². The predicted octanol–water partition coefficient (Wildman–Crippen LogP) is 0.683. The first-order chi connectivity index (χ1) is 4.55. The Kier molecular flexibility index (Phi) is 1.58. The molecule has 1 fully saturated rings. The zero-order valence-electron chi connectivity index (χ0n) is 4.98. The lowest BCUT2D eigenvalue weighted by atomic mass is 10.4. The molecule has 58 valence electrons. The molecular formula is C5H6F3NO. The Labute approximate surface area is 55.4 Å². The predicted molar refractivity (Wildman–Crippen MR) is 27.1 cm³/mol. The van der Waals surface area contributed by atoms with Gasteiger partial charge in [-0.15, -0.1) is 0 Å². The highest BCUT2D eigenvalue weighted by Crippen LogP contribution is 2.44. The molecule has 0 aliphatic heterocycles. The van der Waals surface area contributed by atoms with E-state index in [1.165, 1.54) is 0 Å². The Hall–Kier alpha value is -0.740. The fourth-order valence-electron chi connectivity index (χ4n) is 0.828. The average molecular weight is 153 g/mol.